The molecule has 0 aliphatic heterocycles. The van der Waals surface area contributed by atoms with Crippen LogP contribution < -0.4 is 14.8 Å². The average Bonchev–Trinajstić information content (AvgIpc) is 3.38. The van der Waals surface area contributed by atoms with E-state index in [2.05, 4.69) is 34.3 Å². The number of hydrogen-bond acceptors (Lipinski definition) is 5. The fraction of sp³-hybridized carbons (Fsp3) is 0.276. The number of aryl methyl sites for hydroxylation is 1. The third-order valence-electron chi connectivity index (χ3n) is 5.91. The van der Waals surface area contributed by atoms with Gasteiger partial charge in [0.05, 0.1) is 11.9 Å². The number of ether oxygens (including phenoxy) is 2. The van der Waals surface area contributed by atoms with Crippen LogP contribution in [0.15, 0.2) is 72.9 Å². The summed E-state index contributed by atoms with van der Waals surface area (Å²) in [6.07, 6.45) is 3.86. The van der Waals surface area contributed by atoms with Crippen molar-refractivity contribution in [3.05, 3.63) is 83.5 Å². The zero-order valence-electron chi connectivity index (χ0n) is 20.8. The maximum absolute atomic E-state index is 9.78. The van der Waals surface area contributed by atoms with Crippen LogP contribution in [0.5, 0.6) is 17.2 Å². The largest absolute Gasteiger partial charge is 0.473 e. The first kappa shape index (κ1) is 25.8. The van der Waals surface area contributed by atoms with Crippen molar-refractivity contribution in [3.63, 3.8) is 0 Å². The van der Waals surface area contributed by atoms with Crippen LogP contribution in [0.25, 0.3) is 22.6 Å². The molecule has 4 rings (SSSR count). The van der Waals surface area contributed by atoms with Gasteiger partial charge in [-0.2, -0.15) is 0 Å². The maximum atomic E-state index is 9.78. The predicted molar refractivity (Wildman–Crippen MR) is 145 cm³/mol. The zero-order chi connectivity index (χ0) is 25.5. The molecule has 188 valence electrons. The zero-order valence-corrected chi connectivity index (χ0v) is 21.5. The lowest BCUT2D eigenvalue weighted by molar-refractivity contribution is 0.0321. The molecular weight excluding hydrogens is 474 g/mol. The van der Waals surface area contributed by atoms with E-state index < -0.39 is 12.3 Å². The molecule has 0 bridgehead atoms. The molecule has 6 nitrogen and oxygen atoms in total. The molecule has 3 N–H and O–H groups in total. The number of halogens is 1. The summed E-state index contributed by atoms with van der Waals surface area (Å²) in [4.78, 5) is 8.14. The summed E-state index contributed by atoms with van der Waals surface area (Å²) in [5.41, 5.74) is 4.16. The molecule has 1 heterocycles. The molecule has 3 aromatic carbocycles. The fourth-order valence-electron chi connectivity index (χ4n) is 3.94. The highest BCUT2D eigenvalue weighted by Gasteiger charge is 2.15. The topological polar surface area (TPSA) is 79.4 Å². The minimum atomic E-state index is -0.630. The molecule has 1 aromatic heterocycles. The number of likely N-dealkylation sites (N-methyl/N-ethyl adjacent to an activating group) is 1. The molecule has 4 aromatic rings. The number of rotatable bonds is 11. The Balaban J connectivity index is 1.54. The van der Waals surface area contributed by atoms with E-state index in [4.69, 9.17) is 21.1 Å². The van der Waals surface area contributed by atoms with Crippen LogP contribution >= 0.6 is 11.6 Å². The monoisotopic (exact) mass is 505 g/mol. The smallest absolute Gasteiger partial charge is 0.175 e. The summed E-state index contributed by atoms with van der Waals surface area (Å²) >= 11 is 5.99. The van der Waals surface area contributed by atoms with E-state index in [1.165, 1.54) is 5.56 Å². The number of aliphatic hydroxyl groups excluding tert-OH is 1. The van der Waals surface area contributed by atoms with Gasteiger partial charge in [-0.05, 0) is 105 Å². The maximum Gasteiger partial charge on any atom is 0.175 e. The molecule has 0 saturated carbocycles. The number of benzene rings is 3. The number of nitrogens with zero attached hydrogens (tertiary/aromatic N) is 1. The normalized spacial score (nSPS) is 12.8. The second-order valence-electron chi connectivity index (χ2n) is 8.72. The molecule has 0 radical (unpaired) electrons. The van der Waals surface area contributed by atoms with Crippen molar-refractivity contribution < 1.29 is 14.6 Å². The summed E-state index contributed by atoms with van der Waals surface area (Å²) in [7, 11) is 1.75. The third kappa shape index (κ3) is 6.46. The molecule has 0 saturated heterocycles. The van der Waals surface area contributed by atoms with Crippen molar-refractivity contribution in [2.24, 2.45) is 0 Å². The molecular formula is C29H32ClN3O3. The van der Waals surface area contributed by atoms with Crippen LogP contribution in [0.3, 0.4) is 0 Å². The van der Waals surface area contributed by atoms with Crippen molar-refractivity contribution in [2.75, 3.05) is 7.05 Å². The second kappa shape index (κ2) is 12.1. The van der Waals surface area contributed by atoms with Crippen LogP contribution in [0.1, 0.15) is 32.3 Å². The lowest BCUT2D eigenvalue weighted by Gasteiger charge is -2.20. The lowest BCUT2D eigenvalue weighted by Crippen LogP contribution is -2.40. The highest BCUT2D eigenvalue weighted by Crippen LogP contribution is 2.31. The van der Waals surface area contributed by atoms with E-state index in [0.29, 0.717) is 10.8 Å². The standard InChI is InChI=1S/C29H32ClN3O3/c1-4-5-6-21-17-25(35-23-13-9-22(30)10-14-23)15-16-26(21)28-32-18-27(33-28)20-7-11-24(12-8-20)36-29(31-3)19(2)34/h7-19,29,31,34H,4-6H2,1-3H3,(H,32,33). The van der Waals surface area contributed by atoms with Crippen molar-refractivity contribution in [2.45, 2.75) is 45.4 Å². The number of hydrogen-bond donors (Lipinski definition) is 3. The number of aromatic amines is 1. The molecule has 36 heavy (non-hydrogen) atoms. The van der Waals surface area contributed by atoms with Gasteiger partial charge in [0.15, 0.2) is 6.23 Å². The van der Waals surface area contributed by atoms with E-state index in [0.717, 1.165) is 53.4 Å². The summed E-state index contributed by atoms with van der Waals surface area (Å²) in [6, 6.07) is 21.2. The molecule has 7 heteroatoms. The van der Waals surface area contributed by atoms with Crippen LogP contribution in [0.2, 0.25) is 5.02 Å². The highest BCUT2D eigenvalue weighted by molar-refractivity contribution is 6.30. The third-order valence-corrected chi connectivity index (χ3v) is 6.16. The van der Waals surface area contributed by atoms with Crippen molar-refractivity contribution >= 4 is 11.6 Å². The predicted octanol–water partition coefficient (Wildman–Crippen LogP) is 6.84. The molecule has 0 aliphatic carbocycles. The van der Waals surface area contributed by atoms with E-state index in [-0.39, 0.29) is 0 Å². The Morgan fingerprint density at radius 1 is 1.00 bits per heavy atom. The van der Waals surface area contributed by atoms with Gasteiger partial charge >= 0.3 is 0 Å². The van der Waals surface area contributed by atoms with Gasteiger partial charge in [-0.15, -0.1) is 0 Å². The van der Waals surface area contributed by atoms with Gasteiger partial charge in [0.25, 0.3) is 0 Å². The summed E-state index contributed by atoms with van der Waals surface area (Å²) < 4.78 is 11.9. The van der Waals surface area contributed by atoms with Gasteiger partial charge in [0.1, 0.15) is 29.2 Å². The van der Waals surface area contributed by atoms with Gasteiger partial charge in [-0.25, -0.2) is 4.98 Å². The molecule has 2 unspecified atom stereocenters. The van der Waals surface area contributed by atoms with E-state index in [1.54, 1.807) is 14.0 Å². The quantitative estimate of drug-likeness (QED) is 0.194. The summed E-state index contributed by atoms with van der Waals surface area (Å²) in [5, 5.41) is 13.4. The van der Waals surface area contributed by atoms with Gasteiger partial charge in [0.2, 0.25) is 0 Å². The molecule has 0 amide bonds. The Morgan fingerprint density at radius 2 is 1.69 bits per heavy atom. The van der Waals surface area contributed by atoms with E-state index in [9.17, 15) is 5.11 Å². The Labute approximate surface area is 217 Å². The van der Waals surface area contributed by atoms with Crippen LogP contribution in [0, 0.1) is 0 Å². The van der Waals surface area contributed by atoms with Crippen LogP contribution in [-0.4, -0.2) is 34.5 Å². The van der Waals surface area contributed by atoms with Crippen molar-refractivity contribution in [1.29, 1.82) is 0 Å². The first-order valence-electron chi connectivity index (χ1n) is 12.2. The van der Waals surface area contributed by atoms with E-state index >= 15 is 0 Å². The summed E-state index contributed by atoms with van der Waals surface area (Å²) in [6.45, 7) is 3.87. The van der Waals surface area contributed by atoms with Gasteiger partial charge in [0, 0.05) is 10.6 Å². The molecule has 0 spiro atoms. The average molecular weight is 506 g/mol. The fourth-order valence-corrected chi connectivity index (χ4v) is 4.07. The van der Waals surface area contributed by atoms with Gasteiger partial charge < -0.3 is 19.6 Å². The van der Waals surface area contributed by atoms with Crippen molar-refractivity contribution in [1.82, 2.24) is 15.3 Å². The highest BCUT2D eigenvalue weighted by atomic mass is 35.5. The number of H-pyrrole nitrogens is 1. The number of aromatic nitrogens is 2. The number of imidazole rings is 1. The number of aliphatic hydroxyl groups is 1. The molecule has 2 atom stereocenters. The SMILES string of the molecule is CCCCc1cc(Oc2ccc(Cl)cc2)ccc1-c1ncc(-c2ccc(OC(NC)C(C)O)cc2)[nH]1. The number of unbranched alkanes of at least 4 members (excludes halogenated alkanes) is 1. The Hall–Kier alpha value is -3.32. The van der Waals surface area contributed by atoms with Gasteiger partial charge in [-0.3, -0.25) is 5.32 Å². The van der Waals surface area contributed by atoms with Crippen LogP contribution in [-0.2, 0) is 6.42 Å². The van der Waals surface area contributed by atoms with Gasteiger partial charge in [-0.1, -0.05) is 24.9 Å². The molecule has 0 fully saturated rings. The number of nitrogens with one attached hydrogen (secondary N) is 2. The second-order valence-corrected chi connectivity index (χ2v) is 9.15. The Morgan fingerprint density at radius 3 is 2.36 bits per heavy atom. The first-order valence-corrected chi connectivity index (χ1v) is 12.6. The minimum absolute atomic E-state index is 0.470. The van der Waals surface area contributed by atoms with E-state index in [1.807, 2.05) is 60.8 Å². The first-order chi connectivity index (χ1) is 17.5. The Bertz CT molecular complexity index is 1250. The molecule has 0 aliphatic rings. The minimum Gasteiger partial charge on any atom is -0.473 e. The van der Waals surface area contributed by atoms with Crippen molar-refractivity contribution in [3.8, 4) is 39.9 Å². The Kier molecular flexibility index (Phi) is 8.65. The summed E-state index contributed by atoms with van der Waals surface area (Å²) in [5.74, 6) is 3.03. The van der Waals surface area contributed by atoms with Crippen LogP contribution in [0.4, 0.5) is 0 Å². The lowest BCUT2D eigenvalue weighted by atomic mass is 10.0.